The van der Waals surface area contributed by atoms with Gasteiger partial charge in [0.1, 0.15) is 0 Å². The molecular formula is C13H14N4O2. The van der Waals surface area contributed by atoms with Crippen LogP contribution in [0.4, 0.5) is 0 Å². The Morgan fingerprint density at radius 2 is 2.00 bits per heavy atom. The molecule has 2 aromatic rings. The molecule has 0 spiro atoms. The molecule has 0 unspecified atom stereocenters. The quantitative estimate of drug-likeness (QED) is 0.559. The van der Waals surface area contributed by atoms with E-state index in [2.05, 4.69) is 20.7 Å². The predicted molar refractivity (Wildman–Crippen MR) is 71.9 cm³/mol. The highest BCUT2D eigenvalue weighted by atomic mass is 16.2. The van der Waals surface area contributed by atoms with Gasteiger partial charge < -0.3 is 5.10 Å². The van der Waals surface area contributed by atoms with E-state index in [0.29, 0.717) is 5.69 Å². The Balaban J connectivity index is 1.94. The molecule has 0 fully saturated rings. The molecule has 0 aliphatic rings. The smallest absolute Gasteiger partial charge is 0.264 e. The van der Waals surface area contributed by atoms with Crippen molar-refractivity contribution >= 4 is 11.6 Å². The van der Waals surface area contributed by atoms with Crippen LogP contribution in [-0.2, 0) is 11.2 Å². The Kier molecular flexibility index (Phi) is 3.92. The van der Waals surface area contributed by atoms with Crippen LogP contribution >= 0.6 is 0 Å². The van der Waals surface area contributed by atoms with Crippen LogP contribution in [0.1, 0.15) is 18.2 Å². The zero-order valence-corrected chi connectivity index (χ0v) is 10.4. The lowest BCUT2D eigenvalue weighted by molar-refractivity contribution is -0.120. The third-order valence-electron chi connectivity index (χ3n) is 2.54. The van der Waals surface area contributed by atoms with E-state index in [1.165, 1.54) is 6.07 Å². The van der Waals surface area contributed by atoms with Crippen LogP contribution in [-0.4, -0.2) is 21.8 Å². The molecule has 1 heterocycles. The van der Waals surface area contributed by atoms with Crippen LogP contribution in [0.5, 0.6) is 0 Å². The topological polar surface area (TPSA) is 90.1 Å². The Labute approximate surface area is 109 Å². The monoisotopic (exact) mass is 258 g/mol. The van der Waals surface area contributed by atoms with E-state index in [1.54, 1.807) is 0 Å². The maximum absolute atomic E-state index is 11.6. The molecule has 1 aromatic heterocycles. The first kappa shape index (κ1) is 12.8. The number of carbonyl (C=O) groups excluding carboxylic acids is 1. The van der Waals surface area contributed by atoms with Crippen molar-refractivity contribution in [2.45, 2.75) is 13.3 Å². The van der Waals surface area contributed by atoms with E-state index in [-0.39, 0.29) is 17.9 Å². The SMILES string of the molecule is C/C(=N\NC(=O)Cc1cc(=O)[nH][nH]1)c1ccccc1. The zero-order valence-electron chi connectivity index (χ0n) is 10.4. The molecule has 0 aliphatic carbocycles. The maximum atomic E-state index is 11.6. The van der Waals surface area contributed by atoms with E-state index in [0.717, 1.165) is 11.3 Å². The Morgan fingerprint density at radius 3 is 2.63 bits per heavy atom. The van der Waals surface area contributed by atoms with Crippen LogP contribution in [0.3, 0.4) is 0 Å². The summed E-state index contributed by atoms with van der Waals surface area (Å²) in [7, 11) is 0. The van der Waals surface area contributed by atoms with Gasteiger partial charge in [-0.2, -0.15) is 5.10 Å². The molecule has 0 bridgehead atoms. The lowest BCUT2D eigenvalue weighted by Gasteiger charge is -2.01. The minimum absolute atomic E-state index is 0.0737. The molecule has 0 saturated heterocycles. The summed E-state index contributed by atoms with van der Waals surface area (Å²) < 4.78 is 0. The second-order valence-corrected chi connectivity index (χ2v) is 4.06. The van der Waals surface area contributed by atoms with Gasteiger partial charge in [0.05, 0.1) is 12.1 Å². The summed E-state index contributed by atoms with van der Waals surface area (Å²) in [6.45, 7) is 1.81. The minimum Gasteiger partial charge on any atom is -0.302 e. The number of nitrogens with zero attached hydrogens (tertiary/aromatic N) is 1. The first-order chi connectivity index (χ1) is 9.15. The molecule has 19 heavy (non-hydrogen) atoms. The first-order valence-electron chi connectivity index (χ1n) is 5.80. The number of carbonyl (C=O) groups is 1. The molecule has 6 nitrogen and oxygen atoms in total. The molecule has 0 aliphatic heterocycles. The molecule has 3 N–H and O–H groups in total. The lowest BCUT2D eigenvalue weighted by Crippen LogP contribution is -2.21. The lowest BCUT2D eigenvalue weighted by atomic mass is 10.1. The van der Waals surface area contributed by atoms with Crippen molar-refractivity contribution in [2.24, 2.45) is 5.10 Å². The highest BCUT2D eigenvalue weighted by Crippen LogP contribution is 2.00. The van der Waals surface area contributed by atoms with Gasteiger partial charge in [0, 0.05) is 11.8 Å². The van der Waals surface area contributed by atoms with Crippen molar-refractivity contribution < 1.29 is 4.79 Å². The summed E-state index contributed by atoms with van der Waals surface area (Å²) in [5.41, 5.74) is 4.38. The van der Waals surface area contributed by atoms with Gasteiger partial charge in [0.15, 0.2) is 0 Å². The number of nitrogens with one attached hydrogen (secondary N) is 3. The van der Waals surface area contributed by atoms with Crippen LogP contribution in [0, 0.1) is 0 Å². The predicted octanol–water partition coefficient (Wildman–Crippen LogP) is 0.786. The Bertz CT molecular complexity index is 640. The van der Waals surface area contributed by atoms with Crippen molar-refractivity contribution in [1.82, 2.24) is 15.6 Å². The summed E-state index contributed by atoms with van der Waals surface area (Å²) >= 11 is 0. The van der Waals surface area contributed by atoms with Crippen molar-refractivity contribution in [1.29, 1.82) is 0 Å². The molecule has 1 aromatic carbocycles. The number of H-pyrrole nitrogens is 2. The first-order valence-corrected chi connectivity index (χ1v) is 5.80. The van der Waals surface area contributed by atoms with Gasteiger partial charge in [-0.1, -0.05) is 30.3 Å². The Hall–Kier alpha value is -2.63. The minimum atomic E-state index is -0.287. The number of benzene rings is 1. The average molecular weight is 258 g/mol. The fourth-order valence-corrected chi connectivity index (χ4v) is 1.57. The molecular weight excluding hydrogens is 244 g/mol. The fraction of sp³-hybridized carbons (Fsp3) is 0.154. The van der Waals surface area contributed by atoms with Gasteiger partial charge in [0.2, 0.25) is 5.91 Å². The van der Waals surface area contributed by atoms with Gasteiger partial charge in [0.25, 0.3) is 5.56 Å². The standard InChI is InChI=1S/C13H14N4O2/c1-9(10-5-3-2-4-6-10)14-16-12(18)7-11-8-13(19)17-15-11/h2-6,8H,7H2,1H3,(H,16,18)(H2,15,17,19)/b14-9+. The summed E-state index contributed by atoms with van der Waals surface area (Å²) in [5.74, 6) is -0.287. The zero-order chi connectivity index (χ0) is 13.7. The summed E-state index contributed by atoms with van der Waals surface area (Å²) in [5, 5.41) is 8.99. The molecule has 2 rings (SSSR count). The van der Waals surface area contributed by atoms with Crippen LogP contribution in [0.15, 0.2) is 46.3 Å². The number of rotatable bonds is 4. The van der Waals surface area contributed by atoms with E-state index in [1.807, 2.05) is 37.3 Å². The second kappa shape index (κ2) is 5.81. The van der Waals surface area contributed by atoms with Gasteiger partial charge in [-0.05, 0) is 12.5 Å². The number of aromatic amines is 2. The fourth-order valence-electron chi connectivity index (χ4n) is 1.57. The van der Waals surface area contributed by atoms with Gasteiger partial charge in [-0.15, -0.1) is 0 Å². The van der Waals surface area contributed by atoms with Crippen LogP contribution < -0.4 is 11.0 Å². The van der Waals surface area contributed by atoms with Crippen molar-refractivity contribution in [3.63, 3.8) is 0 Å². The summed E-state index contributed by atoms with van der Waals surface area (Å²) in [6, 6.07) is 10.9. The van der Waals surface area contributed by atoms with Crippen molar-refractivity contribution in [3.05, 3.63) is 58.0 Å². The van der Waals surface area contributed by atoms with E-state index < -0.39 is 0 Å². The third kappa shape index (κ3) is 3.67. The Morgan fingerprint density at radius 1 is 1.26 bits per heavy atom. The van der Waals surface area contributed by atoms with Gasteiger partial charge in [-0.3, -0.25) is 14.7 Å². The van der Waals surface area contributed by atoms with E-state index >= 15 is 0 Å². The molecule has 1 amide bonds. The maximum Gasteiger partial charge on any atom is 0.264 e. The number of hydrogen-bond acceptors (Lipinski definition) is 3. The molecule has 0 radical (unpaired) electrons. The normalized spacial score (nSPS) is 11.3. The molecule has 0 atom stereocenters. The molecule has 0 saturated carbocycles. The number of amides is 1. The van der Waals surface area contributed by atoms with Crippen LogP contribution in [0.25, 0.3) is 0 Å². The average Bonchev–Trinajstić information content (AvgIpc) is 2.82. The summed E-state index contributed by atoms with van der Waals surface area (Å²) in [4.78, 5) is 22.5. The van der Waals surface area contributed by atoms with Crippen molar-refractivity contribution in [3.8, 4) is 0 Å². The van der Waals surface area contributed by atoms with Gasteiger partial charge in [-0.25, -0.2) is 5.43 Å². The third-order valence-corrected chi connectivity index (χ3v) is 2.54. The second-order valence-electron chi connectivity index (χ2n) is 4.06. The molecule has 6 heteroatoms. The molecule has 98 valence electrons. The highest BCUT2D eigenvalue weighted by molar-refractivity contribution is 5.99. The number of hydrazone groups is 1. The highest BCUT2D eigenvalue weighted by Gasteiger charge is 2.04. The largest absolute Gasteiger partial charge is 0.302 e. The van der Waals surface area contributed by atoms with E-state index in [9.17, 15) is 9.59 Å². The van der Waals surface area contributed by atoms with Crippen LogP contribution in [0.2, 0.25) is 0 Å². The number of aromatic nitrogens is 2. The van der Waals surface area contributed by atoms with Crippen molar-refractivity contribution in [2.75, 3.05) is 0 Å². The van der Waals surface area contributed by atoms with Gasteiger partial charge >= 0.3 is 0 Å². The summed E-state index contributed by atoms with van der Waals surface area (Å²) in [6.07, 6.45) is 0.0737. The number of hydrogen-bond donors (Lipinski definition) is 3. The van der Waals surface area contributed by atoms with E-state index in [4.69, 9.17) is 0 Å².